The smallest absolute Gasteiger partial charge is 0.265 e. The molecule has 2 N–H and O–H groups in total. The molecule has 0 saturated heterocycles. The van der Waals surface area contributed by atoms with Crippen molar-refractivity contribution >= 4 is 23.5 Å². The summed E-state index contributed by atoms with van der Waals surface area (Å²) in [6.45, 7) is 3.18. The van der Waals surface area contributed by atoms with Gasteiger partial charge in [-0.25, -0.2) is 9.38 Å². The molecule has 1 spiro atoms. The van der Waals surface area contributed by atoms with Crippen molar-refractivity contribution in [3.05, 3.63) is 47.2 Å². The highest BCUT2D eigenvalue weighted by molar-refractivity contribution is 6.30. The number of nitrogens with two attached hydrogens (primary N) is 1. The summed E-state index contributed by atoms with van der Waals surface area (Å²) in [7, 11) is 1.48. The van der Waals surface area contributed by atoms with Gasteiger partial charge in [0.05, 0.1) is 5.02 Å². The Balaban J connectivity index is 1.97. The van der Waals surface area contributed by atoms with Crippen molar-refractivity contribution in [2.75, 3.05) is 7.05 Å². The van der Waals surface area contributed by atoms with Gasteiger partial charge in [-0.05, 0) is 37.6 Å². The normalized spacial score (nSPS) is 26.0. The summed E-state index contributed by atoms with van der Waals surface area (Å²) in [6.07, 6.45) is 1.44. The van der Waals surface area contributed by atoms with Crippen LogP contribution in [0.1, 0.15) is 19.4 Å². The van der Waals surface area contributed by atoms with Crippen LogP contribution in [0.2, 0.25) is 5.02 Å². The van der Waals surface area contributed by atoms with Gasteiger partial charge in [0.2, 0.25) is 5.54 Å². The number of alkyl halides is 1. The average molecular weight is 389 g/mol. The molecule has 1 aromatic heterocycles. The van der Waals surface area contributed by atoms with Crippen LogP contribution in [0.15, 0.2) is 41.7 Å². The highest BCUT2D eigenvalue weighted by Crippen LogP contribution is 2.51. The third-order valence-corrected chi connectivity index (χ3v) is 5.25. The monoisotopic (exact) mass is 388 g/mol. The number of rotatable bonds is 1. The third-order valence-electron chi connectivity index (χ3n) is 5.04. The first-order chi connectivity index (χ1) is 12.7. The number of amides is 1. The molecule has 2 atom stereocenters. The maximum absolute atomic E-state index is 15.6. The Hall–Kier alpha value is -2.67. The van der Waals surface area contributed by atoms with Crippen LogP contribution in [-0.2, 0) is 10.3 Å². The number of likely N-dealkylation sites (N-methyl/N-ethyl adjacent to an activating group) is 1. The predicted octanol–water partition coefficient (Wildman–Crippen LogP) is 2.89. The zero-order chi connectivity index (χ0) is 19.6. The minimum Gasteiger partial charge on any atom is -0.484 e. The minimum absolute atomic E-state index is 0.0267. The molecule has 4 rings (SSSR count). The number of hydrogen-bond acceptors (Lipinski definition) is 5. The van der Waals surface area contributed by atoms with E-state index in [-0.39, 0.29) is 5.96 Å². The van der Waals surface area contributed by atoms with Gasteiger partial charge in [-0.2, -0.15) is 0 Å². The van der Waals surface area contributed by atoms with Gasteiger partial charge in [0, 0.05) is 30.6 Å². The van der Waals surface area contributed by atoms with Crippen LogP contribution in [-0.4, -0.2) is 40.6 Å². The number of halogens is 2. The van der Waals surface area contributed by atoms with Crippen LogP contribution in [0, 0.1) is 0 Å². The Kier molecular flexibility index (Phi) is 3.72. The summed E-state index contributed by atoms with van der Waals surface area (Å²) in [5.41, 5.74) is 4.63. The number of hydrogen-bond donors (Lipinski definition) is 1. The molecule has 1 amide bonds. The molecule has 2 aliphatic rings. The van der Waals surface area contributed by atoms with E-state index in [2.05, 4.69) is 9.98 Å². The Morgan fingerprint density at radius 3 is 2.63 bits per heavy atom. The van der Waals surface area contributed by atoms with Gasteiger partial charge in [0.25, 0.3) is 5.91 Å². The standard InChI is InChI=1S/C19H18ClFN4O2/c1-18(2)15(21)19(16(26)25(3)17(22)24-19)13-7-10(4-5-14(13)27-18)11-6-12(20)9-23-8-11/h4-9,15H,1-3H3,(H2,22,24). The van der Waals surface area contributed by atoms with Crippen LogP contribution in [0.5, 0.6) is 5.75 Å². The summed E-state index contributed by atoms with van der Waals surface area (Å²) in [5, 5.41) is 0.472. The van der Waals surface area contributed by atoms with Crippen LogP contribution in [0.4, 0.5) is 4.39 Å². The Morgan fingerprint density at radius 2 is 2.00 bits per heavy atom. The number of guanidine groups is 1. The number of nitrogens with zero attached hydrogens (tertiary/aromatic N) is 3. The molecule has 0 fully saturated rings. The molecule has 2 unspecified atom stereocenters. The van der Waals surface area contributed by atoms with E-state index in [0.29, 0.717) is 16.3 Å². The van der Waals surface area contributed by atoms with E-state index in [0.717, 1.165) is 11.1 Å². The second kappa shape index (κ2) is 5.66. The lowest BCUT2D eigenvalue weighted by molar-refractivity contribution is -0.139. The van der Waals surface area contributed by atoms with Crippen LogP contribution < -0.4 is 10.5 Å². The Labute approximate surface area is 160 Å². The molecule has 3 heterocycles. The SMILES string of the molecule is CN1C(=O)C2(N=C1N)c1cc(-c3cncc(Cl)c3)ccc1OC(C)(C)C2F. The molecule has 8 heteroatoms. The summed E-state index contributed by atoms with van der Waals surface area (Å²) < 4.78 is 21.5. The molecular formula is C19H18ClFN4O2. The number of pyridine rings is 1. The maximum Gasteiger partial charge on any atom is 0.265 e. The number of aromatic nitrogens is 1. The number of ether oxygens (including phenoxy) is 1. The molecule has 2 aliphatic heterocycles. The van der Waals surface area contributed by atoms with E-state index >= 15 is 4.39 Å². The topological polar surface area (TPSA) is 80.8 Å². The van der Waals surface area contributed by atoms with E-state index in [1.54, 1.807) is 38.2 Å². The second-order valence-electron chi connectivity index (χ2n) is 7.27. The van der Waals surface area contributed by atoms with Crippen molar-refractivity contribution in [1.29, 1.82) is 0 Å². The van der Waals surface area contributed by atoms with Crippen molar-refractivity contribution in [3.8, 4) is 16.9 Å². The first kappa shape index (κ1) is 17.7. The van der Waals surface area contributed by atoms with Gasteiger partial charge in [-0.3, -0.25) is 14.7 Å². The lowest BCUT2D eigenvalue weighted by atomic mass is 9.75. The zero-order valence-electron chi connectivity index (χ0n) is 15.0. The van der Waals surface area contributed by atoms with E-state index in [9.17, 15) is 4.79 Å². The van der Waals surface area contributed by atoms with E-state index < -0.39 is 23.2 Å². The van der Waals surface area contributed by atoms with Crippen molar-refractivity contribution in [3.63, 3.8) is 0 Å². The summed E-state index contributed by atoms with van der Waals surface area (Å²) >= 11 is 6.03. The summed E-state index contributed by atoms with van der Waals surface area (Å²) in [4.78, 5) is 22.6. The van der Waals surface area contributed by atoms with E-state index in [1.165, 1.54) is 18.1 Å². The van der Waals surface area contributed by atoms with Gasteiger partial charge in [0.15, 0.2) is 12.1 Å². The third kappa shape index (κ3) is 2.41. The van der Waals surface area contributed by atoms with Crippen molar-refractivity contribution in [2.45, 2.75) is 31.2 Å². The highest BCUT2D eigenvalue weighted by Gasteiger charge is 2.63. The zero-order valence-corrected chi connectivity index (χ0v) is 15.8. The lowest BCUT2D eigenvalue weighted by Gasteiger charge is -2.44. The number of carbonyl (C=O) groups is 1. The second-order valence-corrected chi connectivity index (χ2v) is 7.71. The molecular weight excluding hydrogens is 371 g/mol. The van der Waals surface area contributed by atoms with Crippen molar-refractivity contribution < 1.29 is 13.9 Å². The fraction of sp³-hybridized carbons (Fsp3) is 0.316. The molecule has 0 saturated carbocycles. The Morgan fingerprint density at radius 1 is 1.26 bits per heavy atom. The molecule has 2 aromatic rings. The van der Waals surface area contributed by atoms with Gasteiger partial charge in [0.1, 0.15) is 11.4 Å². The largest absolute Gasteiger partial charge is 0.484 e. The molecule has 27 heavy (non-hydrogen) atoms. The molecule has 140 valence electrons. The number of carbonyl (C=O) groups excluding carboxylic acids is 1. The Bertz CT molecular complexity index is 993. The number of fused-ring (bicyclic) bond motifs is 2. The summed E-state index contributed by atoms with van der Waals surface area (Å²) in [6, 6.07) is 6.95. The van der Waals surface area contributed by atoms with Crippen molar-refractivity contribution in [1.82, 2.24) is 9.88 Å². The highest BCUT2D eigenvalue weighted by atomic mass is 35.5. The molecule has 0 radical (unpaired) electrons. The van der Waals surface area contributed by atoms with Crippen LogP contribution in [0.3, 0.4) is 0 Å². The van der Waals surface area contributed by atoms with Crippen LogP contribution >= 0.6 is 11.6 Å². The first-order valence-electron chi connectivity index (χ1n) is 8.39. The number of aliphatic imine (C=N–C) groups is 1. The molecule has 1 aromatic carbocycles. The maximum atomic E-state index is 15.6. The lowest BCUT2D eigenvalue weighted by Crippen LogP contribution is -2.58. The minimum atomic E-state index is -1.78. The van der Waals surface area contributed by atoms with Gasteiger partial charge in [-0.15, -0.1) is 0 Å². The first-order valence-corrected chi connectivity index (χ1v) is 8.76. The van der Waals surface area contributed by atoms with Crippen LogP contribution in [0.25, 0.3) is 11.1 Å². The number of benzene rings is 1. The molecule has 6 nitrogen and oxygen atoms in total. The van der Waals surface area contributed by atoms with E-state index in [1.807, 2.05) is 6.07 Å². The van der Waals surface area contributed by atoms with Crippen molar-refractivity contribution in [2.24, 2.45) is 10.7 Å². The quantitative estimate of drug-likeness (QED) is 0.814. The molecule has 0 aliphatic carbocycles. The molecule has 0 bridgehead atoms. The van der Waals surface area contributed by atoms with E-state index in [4.69, 9.17) is 22.1 Å². The fourth-order valence-corrected chi connectivity index (χ4v) is 3.82. The average Bonchev–Trinajstić information content (AvgIpc) is 2.85. The predicted molar refractivity (Wildman–Crippen MR) is 100 cm³/mol. The fourth-order valence-electron chi connectivity index (χ4n) is 3.64. The van der Waals surface area contributed by atoms with Gasteiger partial charge < -0.3 is 10.5 Å². The van der Waals surface area contributed by atoms with Gasteiger partial charge in [-0.1, -0.05) is 17.7 Å². The van der Waals surface area contributed by atoms with Gasteiger partial charge >= 0.3 is 0 Å². The summed E-state index contributed by atoms with van der Waals surface area (Å²) in [5.74, 6) is -0.152.